The van der Waals surface area contributed by atoms with E-state index < -0.39 is 6.09 Å². The molecule has 1 heterocycles. The second-order valence-electron chi connectivity index (χ2n) is 3.72. The van der Waals surface area contributed by atoms with Gasteiger partial charge in [-0.3, -0.25) is 4.90 Å². The van der Waals surface area contributed by atoms with Crippen LogP contribution in [0.3, 0.4) is 0 Å². The molecule has 1 aliphatic heterocycles. The van der Waals surface area contributed by atoms with Crippen LogP contribution in [0.15, 0.2) is 30.3 Å². The summed E-state index contributed by atoms with van der Waals surface area (Å²) in [6, 6.07) is 9.20. The molecule has 1 aromatic carbocycles. The number of nitrogens with zero attached hydrogens (tertiary/aromatic N) is 1. The Bertz CT molecular complexity index is 377. The minimum absolute atomic E-state index is 0.327. The summed E-state index contributed by atoms with van der Waals surface area (Å²) in [6.07, 6.45) is 0.970. The highest BCUT2D eigenvalue weighted by Gasteiger charge is 2.29. The number of hydrogen-bond donors (Lipinski definition) is 0. The van der Waals surface area contributed by atoms with E-state index in [4.69, 9.17) is 4.74 Å². The molecule has 16 heavy (non-hydrogen) atoms. The molecule has 0 unspecified atom stereocenters. The molecule has 0 aromatic heterocycles. The number of amides is 1. The van der Waals surface area contributed by atoms with E-state index in [-0.39, 0.29) is 6.04 Å². The molecule has 1 amide bonds. The van der Waals surface area contributed by atoms with Gasteiger partial charge in [-0.1, -0.05) is 30.3 Å². The van der Waals surface area contributed by atoms with Gasteiger partial charge in [0.25, 0.3) is 0 Å². The first-order valence-corrected chi connectivity index (χ1v) is 5.24. The lowest BCUT2D eigenvalue weighted by Gasteiger charge is -2.31. The van der Waals surface area contributed by atoms with Crippen LogP contribution in [-0.2, 0) is 16.1 Å². The van der Waals surface area contributed by atoms with Crippen molar-refractivity contribution in [2.75, 3.05) is 6.61 Å². The molecule has 0 saturated carbocycles. The number of ether oxygens (including phenoxy) is 1. The molecule has 0 bridgehead atoms. The Balaban J connectivity index is 2.11. The zero-order chi connectivity index (χ0) is 11.4. The molecule has 0 radical (unpaired) electrons. The Morgan fingerprint density at radius 3 is 2.81 bits per heavy atom. The van der Waals surface area contributed by atoms with Gasteiger partial charge in [0.05, 0.1) is 12.6 Å². The minimum atomic E-state index is -0.410. The molecular weight excluding hydrogens is 206 g/mol. The predicted molar refractivity (Wildman–Crippen MR) is 57.8 cm³/mol. The zero-order valence-electron chi connectivity index (χ0n) is 8.83. The minimum Gasteiger partial charge on any atom is -0.449 e. The van der Waals surface area contributed by atoms with Crippen LogP contribution in [0.25, 0.3) is 0 Å². The molecule has 0 N–H and O–H groups in total. The number of hydrogen-bond acceptors (Lipinski definition) is 3. The maximum absolute atomic E-state index is 11.5. The maximum atomic E-state index is 11.5. The SMILES string of the molecule is O=C[C@@H]1CCOC(=O)N1Cc1ccccc1. The van der Waals surface area contributed by atoms with Crippen LogP contribution in [0.1, 0.15) is 12.0 Å². The third-order valence-corrected chi connectivity index (χ3v) is 2.63. The standard InChI is InChI=1S/C12H13NO3/c14-9-11-6-7-16-12(15)13(11)8-10-4-2-1-3-5-10/h1-5,9,11H,6-8H2/t11-/m0/s1. The highest BCUT2D eigenvalue weighted by molar-refractivity contribution is 5.74. The first-order chi connectivity index (χ1) is 7.81. The summed E-state index contributed by atoms with van der Waals surface area (Å²) >= 11 is 0. The Morgan fingerprint density at radius 1 is 1.38 bits per heavy atom. The Hall–Kier alpha value is -1.84. The van der Waals surface area contributed by atoms with Crippen LogP contribution in [0, 0.1) is 0 Å². The van der Waals surface area contributed by atoms with Crippen molar-refractivity contribution in [1.29, 1.82) is 0 Å². The number of aldehydes is 1. The van der Waals surface area contributed by atoms with E-state index >= 15 is 0 Å². The van der Waals surface area contributed by atoms with Gasteiger partial charge in [-0.25, -0.2) is 4.79 Å². The lowest BCUT2D eigenvalue weighted by molar-refractivity contribution is -0.114. The number of carbonyl (C=O) groups excluding carboxylic acids is 2. The van der Waals surface area contributed by atoms with Gasteiger partial charge in [-0.15, -0.1) is 0 Å². The monoisotopic (exact) mass is 219 g/mol. The lowest BCUT2D eigenvalue weighted by atomic mass is 10.1. The normalized spacial score (nSPS) is 20.4. The van der Waals surface area contributed by atoms with Crippen molar-refractivity contribution in [3.05, 3.63) is 35.9 Å². The molecule has 84 valence electrons. The summed E-state index contributed by atoms with van der Waals surface area (Å²) in [5, 5.41) is 0. The zero-order valence-corrected chi connectivity index (χ0v) is 8.83. The first kappa shape index (κ1) is 10.7. The van der Waals surface area contributed by atoms with E-state index in [0.29, 0.717) is 19.6 Å². The summed E-state index contributed by atoms with van der Waals surface area (Å²) in [5.74, 6) is 0. The van der Waals surface area contributed by atoms with Crippen molar-refractivity contribution in [3.63, 3.8) is 0 Å². The van der Waals surface area contributed by atoms with Gasteiger partial charge in [0.1, 0.15) is 6.29 Å². The van der Waals surface area contributed by atoms with Gasteiger partial charge in [0, 0.05) is 13.0 Å². The third-order valence-electron chi connectivity index (χ3n) is 2.63. The first-order valence-electron chi connectivity index (χ1n) is 5.24. The number of benzene rings is 1. The highest BCUT2D eigenvalue weighted by atomic mass is 16.6. The molecule has 1 atom stereocenters. The molecule has 1 aromatic rings. The Kier molecular flexibility index (Phi) is 3.19. The Labute approximate surface area is 93.8 Å². The van der Waals surface area contributed by atoms with Crippen molar-refractivity contribution in [1.82, 2.24) is 4.90 Å². The quantitative estimate of drug-likeness (QED) is 0.725. The number of rotatable bonds is 3. The molecule has 4 heteroatoms. The van der Waals surface area contributed by atoms with Crippen LogP contribution in [0.2, 0.25) is 0 Å². The molecule has 0 aliphatic carbocycles. The van der Waals surface area contributed by atoms with Gasteiger partial charge in [-0.05, 0) is 5.56 Å². The third kappa shape index (κ3) is 2.21. The van der Waals surface area contributed by atoms with E-state index in [1.54, 1.807) is 0 Å². The Morgan fingerprint density at radius 2 is 2.12 bits per heavy atom. The van der Waals surface area contributed by atoms with Crippen molar-refractivity contribution in [3.8, 4) is 0 Å². The van der Waals surface area contributed by atoms with Crippen molar-refractivity contribution in [2.45, 2.75) is 19.0 Å². The molecule has 1 fully saturated rings. The fourth-order valence-corrected chi connectivity index (χ4v) is 1.74. The van der Waals surface area contributed by atoms with Crippen LogP contribution in [0.5, 0.6) is 0 Å². The summed E-state index contributed by atoms with van der Waals surface area (Å²) in [7, 11) is 0. The van der Waals surface area contributed by atoms with Gasteiger partial charge in [0.15, 0.2) is 0 Å². The van der Waals surface area contributed by atoms with Crippen molar-refractivity contribution < 1.29 is 14.3 Å². The average molecular weight is 219 g/mol. The summed E-state index contributed by atoms with van der Waals surface area (Å²) in [4.78, 5) is 23.8. The molecule has 1 saturated heterocycles. The van der Waals surface area contributed by atoms with Crippen molar-refractivity contribution in [2.24, 2.45) is 0 Å². The van der Waals surface area contributed by atoms with Crippen LogP contribution in [-0.4, -0.2) is 29.9 Å². The smallest absolute Gasteiger partial charge is 0.410 e. The fraction of sp³-hybridized carbons (Fsp3) is 0.333. The van der Waals surface area contributed by atoms with E-state index in [1.165, 1.54) is 4.90 Å². The lowest BCUT2D eigenvalue weighted by Crippen LogP contribution is -2.45. The molecule has 4 nitrogen and oxygen atoms in total. The topological polar surface area (TPSA) is 46.6 Å². The summed E-state index contributed by atoms with van der Waals surface area (Å²) in [5.41, 5.74) is 0.994. The second kappa shape index (κ2) is 4.79. The van der Waals surface area contributed by atoms with E-state index in [0.717, 1.165) is 11.8 Å². The van der Waals surface area contributed by atoms with Crippen LogP contribution < -0.4 is 0 Å². The maximum Gasteiger partial charge on any atom is 0.410 e. The molecule has 2 rings (SSSR count). The molecule has 1 aliphatic rings. The second-order valence-corrected chi connectivity index (χ2v) is 3.72. The van der Waals surface area contributed by atoms with Gasteiger partial charge in [0.2, 0.25) is 0 Å². The van der Waals surface area contributed by atoms with Crippen LogP contribution >= 0.6 is 0 Å². The van der Waals surface area contributed by atoms with Crippen LogP contribution in [0.4, 0.5) is 4.79 Å². The van der Waals surface area contributed by atoms with E-state index in [1.807, 2.05) is 30.3 Å². The predicted octanol–water partition coefficient (Wildman–Crippen LogP) is 1.60. The van der Waals surface area contributed by atoms with E-state index in [9.17, 15) is 9.59 Å². The fourth-order valence-electron chi connectivity index (χ4n) is 1.74. The number of cyclic esters (lactones) is 1. The largest absolute Gasteiger partial charge is 0.449 e. The van der Waals surface area contributed by atoms with Crippen molar-refractivity contribution >= 4 is 12.4 Å². The summed E-state index contributed by atoms with van der Waals surface area (Å²) in [6.45, 7) is 0.747. The van der Waals surface area contributed by atoms with E-state index in [2.05, 4.69) is 0 Å². The van der Waals surface area contributed by atoms with Gasteiger partial charge in [-0.2, -0.15) is 0 Å². The average Bonchev–Trinajstić information content (AvgIpc) is 2.33. The molecular formula is C12H13NO3. The highest BCUT2D eigenvalue weighted by Crippen LogP contribution is 2.15. The summed E-state index contributed by atoms with van der Waals surface area (Å²) < 4.78 is 4.92. The van der Waals surface area contributed by atoms with Gasteiger partial charge >= 0.3 is 6.09 Å². The van der Waals surface area contributed by atoms with Gasteiger partial charge < -0.3 is 9.53 Å². The number of carbonyl (C=O) groups is 2. The molecule has 0 spiro atoms.